The smallest absolute Gasteiger partial charge is 0.223 e. The molecule has 0 unspecified atom stereocenters. The molecule has 5 nitrogen and oxygen atoms in total. The fourth-order valence-corrected chi connectivity index (χ4v) is 4.68. The van der Waals surface area contributed by atoms with Crippen LogP contribution in [0, 0.1) is 26.2 Å². The molecule has 0 bridgehead atoms. The van der Waals surface area contributed by atoms with Crippen molar-refractivity contribution >= 4 is 11.7 Å². The normalized spacial score (nSPS) is 14.3. The number of aryl methyl sites for hydroxylation is 3. The van der Waals surface area contributed by atoms with Crippen LogP contribution in [-0.2, 0) is 11.2 Å². The molecule has 4 rings (SSSR count). The van der Waals surface area contributed by atoms with E-state index in [1.807, 2.05) is 23.1 Å². The van der Waals surface area contributed by atoms with E-state index in [4.69, 9.17) is 9.97 Å². The monoisotopic (exact) mass is 470 g/mol. The molecule has 3 aromatic rings. The minimum atomic E-state index is 0.00140. The van der Waals surface area contributed by atoms with E-state index in [9.17, 15) is 4.79 Å². The summed E-state index contributed by atoms with van der Waals surface area (Å²) in [6, 6.07) is 16.8. The second kappa shape index (κ2) is 10.2. The lowest BCUT2D eigenvalue weighted by Gasteiger charge is -2.37. The number of amides is 1. The van der Waals surface area contributed by atoms with Crippen molar-refractivity contribution in [2.45, 2.75) is 54.4 Å². The van der Waals surface area contributed by atoms with Gasteiger partial charge in [0.15, 0.2) is 5.82 Å². The molecule has 1 fully saturated rings. The molecule has 184 valence electrons. The van der Waals surface area contributed by atoms with Gasteiger partial charge >= 0.3 is 0 Å². The van der Waals surface area contributed by atoms with Gasteiger partial charge in [-0.15, -0.1) is 0 Å². The van der Waals surface area contributed by atoms with Crippen LogP contribution in [0.1, 0.15) is 55.1 Å². The van der Waals surface area contributed by atoms with E-state index in [1.165, 1.54) is 22.3 Å². The van der Waals surface area contributed by atoms with Crippen LogP contribution in [0.25, 0.3) is 11.4 Å². The van der Waals surface area contributed by atoms with Crippen molar-refractivity contribution in [2.75, 3.05) is 31.1 Å². The van der Waals surface area contributed by atoms with E-state index in [0.29, 0.717) is 6.42 Å². The van der Waals surface area contributed by atoms with Crippen LogP contribution in [0.3, 0.4) is 0 Å². The van der Waals surface area contributed by atoms with E-state index in [-0.39, 0.29) is 11.3 Å². The van der Waals surface area contributed by atoms with Gasteiger partial charge in [-0.1, -0.05) is 74.9 Å². The summed E-state index contributed by atoms with van der Waals surface area (Å²) < 4.78 is 0. The second-order valence-electron chi connectivity index (χ2n) is 11.0. The van der Waals surface area contributed by atoms with Gasteiger partial charge in [0.2, 0.25) is 5.91 Å². The molecule has 0 saturated carbocycles. The van der Waals surface area contributed by atoms with E-state index < -0.39 is 0 Å². The molecule has 0 N–H and O–H groups in total. The predicted octanol–water partition coefficient (Wildman–Crippen LogP) is 5.74. The zero-order chi connectivity index (χ0) is 25.2. The Balaban J connectivity index is 1.66. The Hall–Kier alpha value is -3.21. The van der Waals surface area contributed by atoms with Gasteiger partial charge in [-0.3, -0.25) is 4.79 Å². The number of piperazine rings is 1. The number of aromatic nitrogens is 2. The minimum Gasteiger partial charge on any atom is -0.353 e. The standard InChI is InChI=1S/C30H38N4O/c1-21-12-13-22(2)25(18-21)19-26-23(3)31-28(24-10-8-7-9-11-24)32-29(26)34-16-14-33(15-17-34)27(35)20-30(4,5)6/h7-13,18H,14-17,19-20H2,1-6H3. The van der Waals surface area contributed by atoms with Gasteiger partial charge in [0, 0.05) is 55.8 Å². The highest BCUT2D eigenvalue weighted by Crippen LogP contribution is 2.30. The largest absolute Gasteiger partial charge is 0.353 e. The molecule has 5 heteroatoms. The summed E-state index contributed by atoms with van der Waals surface area (Å²) in [5.74, 6) is 2.01. The fraction of sp³-hybridized carbons (Fsp3) is 0.433. The Morgan fingerprint density at radius 2 is 1.60 bits per heavy atom. The molecule has 1 aliphatic rings. The van der Waals surface area contributed by atoms with Gasteiger partial charge in [-0.25, -0.2) is 9.97 Å². The van der Waals surface area contributed by atoms with Crippen molar-refractivity contribution in [1.29, 1.82) is 0 Å². The van der Waals surface area contributed by atoms with E-state index in [0.717, 1.165) is 55.5 Å². The molecule has 2 heterocycles. The number of carbonyl (C=O) groups is 1. The summed E-state index contributed by atoms with van der Waals surface area (Å²) in [5, 5.41) is 0. The third-order valence-electron chi connectivity index (χ3n) is 6.71. The van der Waals surface area contributed by atoms with Crippen LogP contribution < -0.4 is 4.90 Å². The van der Waals surface area contributed by atoms with Gasteiger partial charge in [0.05, 0.1) is 0 Å². The first-order chi connectivity index (χ1) is 16.6. The molecule has 1 aromatic heterocycles. The molecule has 0 radical (unpaired) electrons. The number of anilines is 1. The summed E-state index contributed by atoms with van der Waals surface area (Å²) in [6.07, 6.45) is 1.38. The lowest BCUT2D eigenvalue weighted by atomic mass is 9.91. The van der Waals surface area contributed by atoms with Crippen molar-refractivity contribution < 1.29 is 4.79 Å². The lowest BCUT2D eigenvalue weighted by molar-refractivity contribution is -0.133. The van der Waals surface area contributed by atoms with Crippen molar-refractivity contribution in [3.05, 3.63) is 76.5 Å². The van der Waals surface area contributed by atoms with Crippen molar-refractivity contribution in [1.82, 2.24) is 14.9 Å². The van der Waals surface area contributed by atoms with E-state index in [2.05, 4.69) is 76.8 Å². The third kappa shape index (κ3) is 6.08. The topological polar surface area (TPSA) is 49.3 Å². The molecule has 1 amide bonds. The Labute approximate surface area is 210 Å². The van der Waals surface area contributed by atoms with Gasteiger partial charge in [-0.2, -0.15) is 0 Å². The van der Waals surface area contributed by atoms with Crippen molar-refractivity contribution in [3.8, 4) is 11.4 Å². The molecule has 35 heavy (non-hydrogen) atoms. The fourth-order valence-electron chi connectivity index (χ4n) is 4.68. The van der Waals surface area contributed by atoms with Gasteiger partial charge < -0.3 is 9.80 Å². The van der Waals surface area contributed by atoms with Crippen LogP contribution in [-0.4, -0.2) is 47.0 Å². The number of hydrogen-bond acceptors (Lipinski definition) is 4. The summed E-state index contributed by atoms with van der Waals surface area (Å²) in [4.78, 5) is 27.2. The average molecular weight is 471 g/mol. The number of carbonyl (C=O) groups excluding carboxylic acids is 1. The Morgan fingerprint density at radius 1 is 0.914 bits per heavy atom. The lowest BCUT2D eigenvalue weighted by Crippen LogP contribution is -2.50. The number of benzene rings is 2. The van der Waals surface area contributed by atoms with Gasteiger partial charge in [0.1, 0.15) is 5.82 Å². The maximum atomic E-state index is 12.8. The predicted molar refractivity (Wildman–Crippen MR) is 144 cm³/mol. The molecule has 1 saturated heterocycles. The van der Waals surface area contributed by atoms with Crippen LogP contribution in [0.15, 0.2) is 48.5 Å². The molecule has 0 atom stereocenters. The highest BCUT2D eigenvalue weighted by Gasteiger charge is 2.27. The maximum Gasteiger partial charge on any atom is 0.223 e. The van der Waals surface area contributed by atoms with Crippen molar-refractivity contribution in [3.63, 3.8) is 0 Å². The first kappa shape index (κ1) is 24.9. The first-order valence-electron chi connectivity index (χ1n) is 12.6. The number of hydrogen-bond donors (Lipinski definition) is 0. The quantitative estimate of drug-likeness (QED) is 0.477. The Bertz CT molecular complexity index is 1190. The van der Waals surface area contributed by atoms with Crippen LogP contribution >= 0.6 is 0 Å². The molecule has 2 aromatic carbocycles. The van der Waals surface area contributed by atoms with Gasteiger partial charge in [-0.05, 0) is 37.3 Å². The minimum absolute atomic E-state index is 0.00140. The number of nitrogens with zero attached hydrogens (tertiary/aromatic N) is 4. The summed E-state index contributed by atoms with van der Waals surface area (Å²) >= 11 is 0. The maximum absolute atomic E-state index is 12.8. The van der Waals surface area contributed by atoms with E-state index >= 15 is 0 Å². The highest BCUT2D eigenvalue weighted by atomic mass is 16.2. The zero-order valence-electron chi connectivity index (χ0n) is 22.1. The summed E-state index contributed by atoms with van der Waals surface area (Å²) in [5.41, 5.74) is 7.07. The highest BCUT2D eigenvalue weighted by molar-refractivity contribution is 5.77. The molecular formula is C30H38N4O. The zero-order valence-corrected chi connectivity index (χ0v) is 22.1. The second-order valence-corrected chi connectivity index (χ2v) is 11.0. The molecular weight excluding hydrogens is 432 g/mol. The molecule has 0 spiro atoms. The molecule has 1 aliphatic heterocycles. The third-order valence-corrected chi connectivity index (χ3v) is 6.71. The molecule has 0 aliphatic carbocycles. The van der Waals surface area contributed by atoms with Crippen LogP contribution in [0.5, 0.6) is 0 Å². The SMILES string of the molecule is Cc1ccc(C)c(Cc2c(C)nc(-c3ccccc3)nc2N2CCN(C(=O)CC(C)(C)C)CC2)c1. The number of rotatable bonds is 5. The van der Waals surface area contributed by atoms with Crippen LogP contribution in [0.2, 0.25) is 0 Å². The summed E-state index contributed by atoms with van der Waals surface area (Å²) in [6.45, 7) is 15.8. The Kier molecular flexibility index (Phi) is 7.25. The summed E-state index contributed by atoms with van der Waals surface area (Å²) in [7, 11) is 0. The van der Waals surface area contributed by atoms with Gasteiger partial charge in [0.25, 0.3) is 0 Å². The van der Waals surface area contributed by atoms with Crippen molar-refractivity contribution in [2.24, 2.45) is 5.41 Å². The van der Waals surface area contributed by atoms with E-state index in [1.54, 1.807) is 0 Å². The average Bonchev–Trinajstić information content (AvgIpc) is 2.82. The first-order valence-corrected chi connectivity index (χ1v) is 12.6. The van der Waals surface area contributed by atoms with Crippen LogP contribution in [0.4, 0.5) is 5.82 Å². The Morgan fingerprint density at radius 3 is 2.26 bits per heavy atom.